The molecule has 1 aromatic rings. The van der Waals surface area contributed by atoms with Gasteiger partial charge in [-0.2, -0.15) is 0 Å². The van der Waals surface area contributed by atoms with Gasteiger partial charge < -0.3 is 24.4 Å². The number of benzene rings is 1. The summed E-state index contributed by atoms with van der Waals surface area (Å²) in [5.41, 5.74) is 0.397. The van der Waals surface area contributed by atoms with Crippen LogP contribution in [0.5, 0.6) is 0 Å². The summed E-state index contributed by atoms with van der Waals surface area (Å²) in [5.74, 6) is 0. The Bertz CT molecular complexity index is 713. The van der Waals surface area contributed by atoms with Crippen LogP contribution >= 0.6 is 0 Å². The molecule has 8 nitrogen and oxygen atoms in total. The van der Waals surface area contributed by atoms with E-state index >= 15 is 0 Å². The van der Waals surface area contributed by atoms with Crippen molar-refractivity contribution in [3.63, 3.8) is 0 Å². The molecule has 2 aliphatic rings. The first-order chi connectivity index (χ1) is 14.3. The van der Waals surface area contributed by atoms with Gasteiger partial charge in [-0.1, -0.05) is 30.3 Å². The van der Waals surface area contributed by atoms with Crippen LogP contribution in [0.25, 0.3) is 0 Å². The van der Waals surface area contributed by atoms with Crippen LogP contribution in [0.3, 0.4) is 0 Å². The van der Waals surface area contributed by atoms with Crippen molar-refractivity contribution in [2.24, 2.45) is 0 Å². The number of carbonyl (C=O) groups is 2. The second-order valence-corrected chi connectivity index (χ2v) is 8.92. The molecule has 0 aliphatic carbocycles. The lowest BCUT2D eigenvalue weighted by Crippen LogP contribution is -2.52. The highest BCUT2D eigenvalue weighted by molar-refractivity contribution is 5.69. The van der Waals surface area contributed by atoms with Gasteiger partial charge in [0, 0.05) is 38.8 Å². The molecule has 166 valence electrons. The van der Waals surface area contributed by atoms with Crippen LogP contribution in [0.15, 0.2) is 30.3 Å². The lowest BCUT2D eigenvalue weighted by molar-refractivity contribution is 0.0163. The zero-order valence-electron chi connectivity index (χ0n) is 18.1. The van der Waals surface area contributed by atoms with Crippen molar-refractivity contribution in [3.05, 3.63) is 35.9 Å². The number of aliphatic hydroxyl groups excluding tert-OH is 1. The highest BCUT2D eigenvalue weighted by Gasteiger charge is 2.40. The number of likely N-dealkylation sites (tertiary alicyclic amines) is 1. The van der Waals surface area contributed by atoms with E-state index in [-0.39, 0.29) is 37.5 Å². The fraction of sp³-hybridized carbons (Fsp3) is 0.636. The summed E-state index contributed by atoms with van der Waals surface area (Å²) < 4.78 is 10.9. The van der Waals surface area contributed by atoms with Crippen molar-refractivity contribution < 1.29 is 24.2 Å². The first kappa shape index (κ1) is 22.4. The maximum absolute atomic E-state index is 12.5. The van der Waals surface area contributed by atoms with Gasteiger partial charge in [0.1, 0.15) is 12.2 Å². The highest BCUT2D eigenvalue weighted by Crippen LogP contribution is 2.25. The number of ether oxygens (including phenoxy) is 2. The number of carbonyl (C=O) groups excluding carboxylic acids is 2. The third-order valence-electron chi connectivity index (χ3n) is 5.53. The Kier molecular flexibility index (Phi) is 7.20. The molecule has 0 saturated carbocycles. The van der Waals surface area contributed by atoms with Gasteiger partial charge in [-0.3, -0.25) is 4.90 Å². The summed E-state index contributed by atoms with van der Waals surface area (Å²) in [6, 6.07) is 9.54. The predicted molar refractivity (Wildman–Crippen MR) is 112 cm³/mol. The quantitative estimate of drug-likeness (QED) is 0.807. The molecule has 0 spiro atoms. The van der Waals surface area contributed by atoms with Gasteiger partial charge in [0.05, 0.1) is 12.6 Å². The molecular weight excluding hydrogens is 386 g/mol. The van der Waals surface area contributed by atoms with E-state index < -0.39 is 5.60 Å². The average molecular weight is 420 g/mol. The lowest BCUT2D eigenvalue weighted by Gasteiger charge is -2.37. The Morgan fingerprint density at radius 3 is 2.33 bits per heavy atom. The number of hydrogen-bond acceptors (Lipinski definition) is 6. The van der Waals surface area contributed by atoms with E-state index in [2.05, 4.69) is 4.90 Å². The third kappa shape index (κ3) is 5.86. The zero-order chi connectivity index (χ0) is 21.7. The van der Waals surface area contributed by atoms with E-state index in [9.17, 15) is 14.7 Å². The number of nitrogens with zero attached hydrogens (tertiary/aromatic N) is 3. The molecule has 0 unspecified atom stereocenters. The van der Waals surface area contributed by atoms with E-state index in [4.69, 9.17) is 9.47 Å². The molecule has 2 fully saturated rings. The number of aliphatic hydroxyl groups is 1. The standard InChI is InChI=1S/C22H33N3O5/c1-22(2,3)30-21(28)25-14-18(13-19(25)15-26)23-9-11-24(12-10-23)20(27)29-16-17-7-5-4-6-8-17/h4-8,18-19,26H,9-16H2,1-3H3/t18-,19+/m1/s1. The van der Waals surface area contributed by atoms with Gasteiger partial charge >= 0.3 is 12.2 Å². The smallest absolute Gasteiger partial charge is 0.410 e. The third-order valence-corrected chi connectivity index (χ3v) is 5.53. The molecule has 1 N–H and O–H groups in total. The molecule has 1 aromatic carbocycles. The van der Waals surface area contributed by atoms with Crippen LogP contribution in [0.1, 0.15) is 32.8 Å². The lowest BCUT2D eigenvalue weighted by atomic mass is 10.1. The minimum atomic E-state index is -0.569. The van der Waals surface area contributed by atoms with Gasteiger partial charge in [0.25, 0.3) is 0 Å². The predicted octanol–water partition coefficient (Wildman–Crippen LogP) is 2.31. The van der Waals surface area contributed by atoms with E-state index in [1.165, 1.54) is 0 Å². The average Bonchev–Trinajstić information content (AvgIpc) is 3.16. The number of rotatable bonds is 4. The maximum Gasteiger partial charge on any atom is 0.410 e. The fourth-order valence-electron chi connectivity index (χ4n) is 3.95. The van der Waals surface area contributed by atoms with Crippen LogP contribution in [0.4, 0.5) is 9.59 Å². The summed E-state index contributed by atoms with van der Waals surface area (Å²) in [4.78, 5) is 30.5. The van der Waals surface area contributed by atoms with Gasteiger partial charge in [0.2, 0.25) is 0 Å². The molecule has 2 amide bonds. The molecule has 3 rings (SSSR count). The second kappa shape index (κ2) is 9.66. The number of piperazine rings is 1. The van der Waals surface area contributed by atoms with Crippen molar-refractivity contribution >= 4 is 12.2 Å². The molecule has 0 aromatic heterocycles. The maximum atomic E-state index is 12.5. The van der Waals surface area contributed by atoms with Crippen LogP contribution in [0.2, 0.25) is 0 Å². The van der Waals surface area contributed by atoms with Crippen LogP contribution in [-0.4, -0.2) is 89.0 Å². The van der Waals surface area contributed by atoms with Gasteiger partial charge in [-0.05, 0) is 32.8 Å². The van der Waals surface area contributed by atoms with E-state index in [1.54, 1.807) is 9.80 Å². The van der Waals surface area contributed by atoms with E-state index in [0.29, 0.717) is 39.1 Å². The molecule has 2 aliphatic heterocycles. The van der Waals surface area contributed by atoms with Crippen molar-refractivity contribution in [1.82, 2.24) is 14.7 Å². The molecule has 0 bridgehead atoms. The molecule has 2 atom stereocenters. The van der Waals surface area contributed by atoms with Crippen LogP contribution < -0.4 is 0 Å². The summed E-state index contributed by atoms with van der Waals surface area (Å²) in [6.45, 7) is 8.82. The van der Waals surface area contributed by atoms with Crippen LogP contribution in [-0.2, 0) is 16.1 Å². The Hall–Kier alpha value is -2.32. The molecule has 8 heteroatoms. The summed E-state index contributed by atoms with van der Waals surface area (Å²) >= 11 is 0. The molecule has 0 radical (unpaired) electrons. The highest BCUT2D eigenvalue weighted by atomic mass is 16.6. The summed E-state index contributed by atoms with van der Waals surface area (Å²) in [7, 11) is 0. The Balaban J connectivity index is 1.47. The fourth-order valence-corrected chi connectivity index (χ4v) is 3.95. The molecule has 2 saturated heterocycles. The molecule has 2 heterocycles. The summed E-state index contributed by atoms with van der Waals surface area (Å²) in [6.07, 6.45) is 0.0227. The Morgan fingerprint density at radius 2 is 1.73 bits per heavy atom. The zero-order valence-corrected chi connectivity index (χ0v) is 18.1. The minimum Gasteiger partial charge on any atom is -0.445 e. The first-order valence-electron chi connectivity index (χ1n) is 10.6. The van der Waals surface area contributed by atoms with Crippen molar-refractivity contribution in [2.75, 3.05) is 39.3 Å². The first-order valence-corrected chi connectivity index (χ1v) is 10.6. The van der Waals surface area contributed by atoms with Crippen molar-refractivity contribution in [1.29, 1.82) is 0 Å². The minimum absolute atomic E-state index is 0.0818. The Morgan fingerprint density at radius 1 is 1.07 bits per heavy atom. The SMILES string of the molecule is CC(C)(C)OC(=O)N1C[C@H](N2CCN(C(=O)OCc3ccccc3)CC2)C[C@H]1CO. The van der Waals surface area contributed by atoms with Crippen molar-refractivity contribution in [3.8, 4) is 0 Å². The van der Waals surface area contributed by atoms with Crippen LogP contribution in [0, 0.1) is 0 Å². The monoisotopic (exact) mass is 419 g/mol. The van der Waals surface area contributed by atoms with Gasteiger partial charge in [-0.15, -0.1) is 0 Å². The van der Waals surface area contributed by atoms with E-state index in [0.717, 1.165) is 5.56 Å². The molecular formula is C22H33N3O5. The Labute approximate surface area is 178 Å². The van der Waals surface area contributed by atoms with Crippen molar-refractivity contribution in [2.45, 2.75) is 51.5 Å². The number of hydrogen-bond donors (Lipinski definition) is 1. The summed E-state index contributed by atoms with van der Waals surface area (Å²) in [5, 5.41) is 9.73. The van der Waals surface area contributed by atoms with Gasteiger partial charge in [0.15, 0.2) is 0 Å². The van der Waals surface area contributed by atoms with Gasteiger partial charge in [-0.25, -0.2) is 9.59 Å². The largest absolute Gasteiger partial charge is 0.445 e. The number of amides is 2. The topological polar surface area (TPSA) is 82.6 Å². The normalized spacial score (nSPS) is 22.8. The van der Waals surface area contributed by atoms with E-state index in [1.807, 2.05) is 51.1 Å². The second-order valence-electron chi connectivity index (χ2n) is 8.92. The molecule has 30 heavy (non-hydrogen) atoms.